The first-order valence-electron chi connectivity index (χ1n) is 2.97. The number of ether oxygens (including phenoxy) is 2. The van der Waals surface area contributed by atoms with Crippen LogP contribution in [0.1, 0.15) is 6.42 Å². The van der Waals surface area contributed by atoms with Gasteiger partial charge in [-0.25, -0.2) is 4.79 Å². The molecule has 0 aromatic rings. The fourth-order valence-corrected chi connectivity index (χ4v) is 0.472. The summed E-state index contributed by atoms with van der Waals surface area (Å²) >= 11 is 0. The predicted octanol–water partition coefficient (Wildman–Crippen LogP) is 0.752. The standard InChI is InChI=1S/C7H12O3/c1-6(4-5-9-2)7(8)10-3/h1,4-5H2,2-3H3. The molecule has 0 heterocycles. The highest BCUT2D eigenvalue weighted by Crippen LogP contribution is 1.99. The molecule has 0 aliphatic rings. The summed E-state index contributed by atoms with van der Waals surface area (Å²) < 4.78 is 9.15. The molecule has 0 amide bonds. The van der Waals surface area contributed by atoms with Crippen LogP contribution in [0.2, 0.25) is 0 Å². The maximum absolute atomic E-state index is 10.6. The van der Waals surface area contributed by atoms with Gasteiger partial charge in [0.1, 0.15) is 0 Å². The van der Waals surface area contributed by atoms with Gasteiger partial charge in [0, 0.05) is 19.1 Å². The van der Waals surface area contributed by atoms with Crippen molar-refractivity contribution in [1.82, 2.24) is 0 Å². The van der Waals surface area contributed by atoms with Crippen molar-refractivity contribution in [2.45, 2.75) is 6.42 Å². The van der Waals surface area contributed by atoms with Crippen LogP contribution < -0.4 is 0 Å². The summed E-state index contributed by atoms with van der Waals surface area (Å²) in [6, 6.07) is 0. The molecule has 0 spiro atoms. The average molecular weight is 144 g/mol. The fraction of sp³-hybridized carbons (Fsp3) is 0.571. The Hall–Kier alpha value is -0.830. The van der Waals surface area contributed by atoms with Gasteiger partial charge >= 0.3 is 5.97 Å². The first-order chi connectivity index (χ1) is 4.72. The molecule has 0 unspecified atom stereocenters. The van der Waals surface area contributed by atoms with Crippen molar-refractivity contribution in [2.24, 2.45) is 0 Å². The van der Waals surface area contributed by atoms with Crippen LogP contribution in [0.25, 0.3) is 0 Å². The lowest BCUT2D eigenvalue weighted by Gasteiger charge is -2.00. The smallest absolute Gasteiger partial charge is 0.333 e. The van der Waals surface area contributed by atoms with Crippen LogP contribution in [0.15, 0.2) is 12.2 Å². The van der Waals surface area contributed by atoms with E-state index in [9.17, 15) is 4.79 Å². The van der Waals surface area contributed by atoms with E-state index in [2.05, 4.69) is 11.3 Å². The second-order valence-corrected chi connectivity index (χ2v) is 1.84. The van der Waals surface area contributed by atoms with E-state index >= 15 is 0 Å². The van der Waals surface area contributed by atoms with Crippen LogP contribution in [0, 0.1) is 0 Å². The summed E-state index contributed by atoms with van der Waals surface area (Å²) in [7, 11) is 2.91. The Kier molecular flexibility index (Phi) is 4.58. The maximum Gasteiger partial charge on any atom is 0.333 e. The molecule has 0 bridgehead atoms. The molecular weight excluding hydrogens is 132 g/mol. The Balaban J connectivity index is 3.52. The number of rotatable bonds is 4. The van der Waals surface area contributed by atoms with Crippen LogP contribution in [-0.4, -0.2) is 26.8 Å². The van der Waals surface area contributed by atoms with E-state index in [0.29, 0.717) is 18.6 Å². The number of esters is 1. The zero-order chi connectivity index (χ0) is 7.98. The van der Waals surface area contributed by atoms with Gasteiger partial charge in [0.05, 0.1) is 13.7 Å². The highest BCUT2D eigenvalue weighted by Gasteiger charge is 2.04. The summed E-state index contributed by atoms with van der Waals surface area (Å²) in [5.41, 5.74) is 0.448. The van der Waals surface area contributed by atoms with Crippen molar-refractivity contribution in [3.8, 4) is 0 Å². The van der Waals surface area contributed by atoms with Gasteiger partial charge in [-0.2, -0.15) is 0 Å². The van der Waals surface area contributed by atoms with E-state index in [4.69, 9.17) is 4.74 Å². The van der Waals surface area contributed by atoms with Gasteiger partial charge in [0.15, 0.2) is 0 Å². The third kappa shape index (κ3) is 3.25. The molecule has 3 nitrogen and oxygen atoms in total. The Morgan fingerprint density at radius 2 is 2.10 bits per heavy atom. The van der Waals surface area contributed by atoms with Gasteiger partial charge in [-0.05, 0) is 0 Å². The number of carbonyl (C=O) groups is 1. The van der Waals surface area contributed by atoms with E-state index in [-0.39, 0.29) is 5.97 Å². The third-order valence-electron chi connectivity index (χ3n) is 1.08. The molecule has 0 aliphatic heterocycles. The SMILES string of the molecule is C=C(CCOC)C(=O)OC. The molecular formula is C7H12O3. The van der Waals surface area contributed by atoms with Gasteiger partial charge in [0.25, 0.3) is 0 Å². The molecule has 58 valence electrons. The average Bonchev–Trinajstić information content (AvgIpc) is 1.98. The normalized spacial score (nSPS) is 9.00. The molecule has 0 rings (SSSR count). The molecule has 10 heavy (non-hydrogen) atoms. The Morgan fingerprint density at radius 1 is 1.50 bits per heavy atom. The van der Waals surface area contributed by atoms with Crippen molar-refractivity contribution in [3.63, 3.8) is 0 Å². The van der Waals surface area contributed by atoms with E-state index in [1.165, 1.54) is 7.11 Å². The molecule has 3 heteroatoms. The summed E-state index contributed by atoms with van der Waals surface area (Å²) in [4.78, 5) is 10.6. The maximum atomic E-state index is 10.6. The number of hydrogen-bond acceptors (Lipinski definition) is 3. The van der Waals surface area contributed by atoms with Gasteiger partial charge in [0.2, 0.25) is 0 Å². The van der Waals surface area contributed by atoms with Crippen molar-refractivity contribution in [3.05, 3.63) is 12.2 Å². The second kappa shape index (κ2) is 4.99. The molecule has 0 saturated heterocycles. The molecule has 0 radical (unpaired) electrons. The second-order valence-electron chi connectivity index (χ2n) is 1.84. The first kappa shape index (κ1) is 9.17. The molecule has 0 fully saturated rings. The molecule has 0 N–H and O–H groups in total. The number of methoxy groups -OCH3 is 2. The summed E-state index contributed by atoms with van der Waals surface area (Å²) in [6.45, 7) is 4.02. The molecule has 0 aliphatic carbocycles. The van der Waals surface area contributed by atoms with Crippen LogP contribution in [0.3, 0.4) is 0 Å². The van der Waals surface area contributed by atoms with Crippen molar-refractivity contribution in [2.75, 3.05) is 20.8 Å². The van der Waals surface area contributed by atoms with Crippen LogP contribution in [-0.2, 0) is 14.3 Å². The van der Waals surface area contributed by atoms with E-state index < -0.39 is 0 Å². The lowest BCUT2D eigenvalue weighted by Crippen LogP contribution is -2.05. The van der Waals surface area contributed by atoms with Gasteiger partial charge in [-0.3, -0.25) is 0 Å². The Bertz CT molecular complexity index is 129. The van der Waals surface area contributed by atoms with E-state index in [1.807, 2.05) is 0 Å². The van der Waals surface area contributed by atoms with E-state index in [0.717, 1.165) is 0 Å². The van der Waals surface area contributed by atoms with Gasteiger partial charge < -0.3 is 9.47 Å². The molecule has 0 aromatic heterocycles. The quantitative estimate of drug-likeness (QED) is 0.431. The minimum atomic E-state index is -0.364. The zero-order valence-electron chi connectivity index (χ0n) is 6.35. The molecule has 0 saturated carbocycles. The monoisotopic (exact) mass is 144 g/mol. The number of carbonyl (C=O) groups excluding carboxylic acids is 1. The van der Waals surface area contributed by atoms with Crippen LogP contribution in [0.5, 0.6) is 0 Å². The zero-order valence-corrected chi connectivity index (χ0v) is 6.35. The van der Waals surface area contributed by atoms with Crippen LogP contribution in [0.4, 0.5) is 0 Å². The fourth-order valence-electron chi connectivity index (χ4n) is 0.472. The summed E-state index contributed by atoms with van der Waals surface area (Å²) in [5.74, 6) is -0.364. The van der Waals surface area contributed by atoms with Crippen LogP contribution >= 0.6 is 0 Å². The van der Waals surface area contributed by atoms with Gasteiger partial charge in [-0.15, -0.1) is 0 Å². The van der Waals surface area contributed by atoms with Crippen molar-refractivity contribution < 1.29 is 14.3 Å². The highest BCUT2D eigenvalue weighted by molar-refractivity contribution is 5.87. The number of hydrogen-bond donors (Lipinski definition) is 0. The lowest BCUT2D eigenvalue weighted by atomic mass is 10.2. The van der Waals surface area contributed by atoms with Crippen molar-refractivity contribution >= 4 is 5.97 Å². The minimum Gasteiger partial charge on any atom is -0.466 e. The first-order valence-corrected chi connectivity index (χ1v) is 2.97. The molecule has 0 aromatic carbocycles. The summed E-state index contributed by atoms with van der Waals surface area (Å²) in [6.07, 6.45) is 0.531. The molecule has 0 atom stereocenters. The largest absolute Gasteiger partial charge is 0.466 e. The lowest BCUT2D eigenvalue weighted by molar-refractivity contribution is -0.136. The van der Waals surface area contributed by atoms with Gasteiger partial charge in [-0.1, -0.05) is 6.58 Å². The van der Waals surface area contributed by atoms with E-state index in [1.54, 1.807) is 7.11 Å². The summed E-state index contributed by atoms with van der Waals surface area (Å²) in [5, 5.41) is 0. The minimum absolute atomic E-state index is 0.364. The highest BCUT2D eigenvalue weighted by atomic mass is 16.5. The topological polar surface area (TPSA) is 35.5 Å². The predicted molar refractivity (Wildman–Crippen MR) is 37.6 cm³/mol. The Morgan fingerprint density at radius 3 is 2.50 bits per heavy atom. The Labute approximate surface area is 60.6 Å². The van der Waals surface area contributed by atoms with Crippen molar-refractivity contribution in [1.29, 1.82) is 0 Å². The third-order valence-corrected chi connectivity index (χ3v) is 1.08.